The first-order valence-electron chi connectivity index (χ1n) is 12.6. The van der Waals surface area contributed by atoms with Crippen LogP contribution < -0.4 is 10.2 Å². The molecule has 0 aromatic heterocycles. The molecule has 2 aromatic rings. The van der Waals surface area contributed by atoms with Gasteiger partial charge in [-0.05, 0) is 36.1 Å². The summed E-state index contributed by atoms with van der Waals surface area (Å²) >= 11 is 0. The van der Waals surface area contributed by atoms with Crippen LogP contribution in [0.25, 0.3) is 12.2 Å². The predicted molar refractivity (Wildman–Crippen MR) is 153 cm³/mol. The molecule has 0 radical (unpaired) electrons. The summed E-state index contributed by atoms with van der Waals surface area (Å²) in [6.45, 7) is 4.67. The van der Waals surface area contributed by atoms with Gasteiger partial charge in [-0.2, -0.15) is 0 Å². The number of amides is 3. The second-order valence-corrected chi connectivity index (χ2v) is 11.1. The number of rotatable bonds is 12. The van der Waals surface area contributed by atoms with E-state index in [1.54, 1.807) is 10.8 Å². The zero-order chi connectivity index (χ0) is 26.5. The Morgan fingerprint density at radius 2 is 1.32 bits per heavy atom. The number of hydrogen-bond donors (Lipinski definition) is 1. The second-order valence-electron chi connectivity index (χ2n) is 8.44. The van der Waals surface area contributed by atoms with Gasteiger partial charge in [-0.3, -0.25) is 9.69 Å². The van der Waals surface area contributed by atoms with Crippen LogP contribution in [0.2, 0.25) is 0 Å². The van der Waals surface area contributed by atoms with Crippen molar-refractivity contribution < 1.29 is 23.9 Å². The number of carbonyl (C=O) groups excluding carboxylic acids is 3. The second kappa shape index (κ2) is 15.4. The molecule has 0 aliphatic carbocycles. The van der Waals surface area contributed by atoms with Gasteiger partial charge in [-0.15, -0.1) is 0 Å². The molecule has 198 valence electrons. The highest BCUT2D eigenvalue weighted by molar-refractivity contribution is 8.76. The lowest BCUT2D eigenvalue weighted by molar-refractivity contribution is -0.148. The van der Waals surface area contributed by atoms with Crippen molar-refractivity contribution in [3.8, 4) is 0 Å². The Morgan fingerprint density at radius 3 is 1.86 bits per heavy atom. The van der Waals surface area contributed by atoms with Crippen molar-refractivity contribution in [1.82, 2.24) is 5.32 Å². The first-order valence-corrected chi connectivity index (χ1v) is 15.1. The number of nitrogens with zero attached hydrogens (tertiary/aromatic N) is 1. The topological polar surface area (TPSA) is 84.9 Å². The Bertz CT molecular complexity index is 1040. The molecule has 9 heteroatoms. The SMILES string of the molecule is CCCC(CCC)C(=O)OCCSSCCOC(=O)NC(=O)N1c2ccccc2C=Cc2ccccc21. The van der Waals surface area contributed by atoms with E-state index in [9.17, 15) is 14.4 Å². The third kappa shape index (κ3) is 8.57. The van der Waals surface area contributed by atoms with E-state index in [1.165, 1.54) is 15.7 Å². The van der Waals surface area contributed by atoms with Crippen molar-refractivity contribution in [3.05, 3.63) is 59.7 Å². The minimum atomic E-state index is -0.797. The van der Waals surface area contributed by atoms with E-state index < -0.39 is 12.1 Å². The number of ether oxygens (including phenoxy) is 2. The molecular weight excluding hydrogens is 508 g/mol. The molecule has 0 spiro atoms. The number of anilines is 2. The van der Waals surface area contributed by atoms with Crippen molar-refractivity contribution in [2.24, 2.45) is 5.92 Å². The third-order valence-electron chi connectivity index (χ3n) is 5.71. The highest BCUT2D eigenvalue weighted by Crippen LogP contribution is 2.36. The largest absolute Gasteiger partial charge is 0.465 e. The molecule has 3 amide bonds. The molecule has 0 bridgehead atoms. The summed E-state index contributed by atoms with van der Waals surface area (Å²) in [5.74, 6) is 1.10. The van der Waals surface area contributed by atoms with E-state index in [4.69, 9.17) is 9.47 Å². The normalized spacial score (nSPS) is 11.9. The Hall–Kier alpha value is -2.91. The van der Waals surface area contributed by atoms with Crippen molar-refractivity contribution in [2.75, 3.05) is 29.6 Å². The van der Waals surface area contributed by atoms with Crippen LogP contribution in [-0.4, -0.2) is 42.8 Å². The predicted octanol–water partition coefficient (Wildman–Crippen LogP) is 7.30. The Labute approximate surface area is 226 Å². The summed E-state index contributed by atoms with van der Waals surface area (Å²) < 4.78 is 10.6. The molecule has 0 unspecified atom stereocenters. The molecule has 7 nitrogen and oxygen atoms in total. The standard InChI is InChI=1S/C28H34N2O5S2/c1-3-9-23(10-4-2)26(31)34-17-19-36-37-20-18-35-28(33)29-27(32)30-24-13-7-5-11-21(24)15-16-22-12-6-8-14-25(22)30/h5-8,11-16,23H,3-4,9-10,17-20H2,1-2H3,(H,29,32,33). The number of esters is 1. The summed E-state index contributed by atoms with van der Waals surface area (Å²) in [6.07, 6.45) is 6.77. The van der Waals surface area contributed by atoms with Crippen LogP contribution in [0.15, 0.2) is 48.5 Å². The Kier molecular flexibility index (Phi) is 11.9. The quantitative estimate of drug-likeness (QED) is 0.171. The molecule has 2 aromatic carbocycles. The number of urea groups is 1. The molecule has 0 saturated heterocycles. The van der Waals surface area contributed by atoms with Crippen LogP contribution in [0.5, 0.6) is 0 Å². The number of para-hydroxylation sites is 2. The summed E-state index contributed by atoms with van der Waals surface area (Å²) in [6, 6.07) is 14.4. The van der Waals surface area contributed by atoms with E-state index in [-0.39, 0.29) is 18.5 Å². The average molecular weight is 543 g/mol. The van der Waals surface area contributed by atoms with Crippen LogP contribution >= 0.6 is 21.6 Å². The van der Waals surface area contributed by atoms with Gasteiger partial charge < -0.3 is 9.47 Å². The molecule has 1 N–H and O–H groups in total. The maximum atomic E-state index is 13.1. The van der Waals surface area contributed by atoms with Gasteiger partial charge in [0.25, 0.3) is 0 Å². The molecule has 0 fully saturated rings. The van der Waals surface area contributed by atoms with Crippen LogP contribution in [0.4, 0.5) is 21.0 Å². The molecule has 37 heavy (non-hydrogen) atoms. The van der Waals surface area contributed by atoms with Crippen molar-refractivity contribution in [2.45, 2.75) is 39.5 Å². The first-order chi connectivity index (χ1) is 18.0. The summed E-state index contributed by atoms with van der Waals surface area (Å²) in [4.78, 5) is 39.1. The molecule has 1 aliphatic rings. The van der Waals surface area contributed by atoms with Gasteiger partial charge in [0.15, 0.2) is 0 Å². The smallest absolute Gasteiger partial charge is 0.415 e. The number of alkyl carbamates (subject to hydrolysis) is 1. The van der Waals surface area contributed by atoms with Gasteiger partial charge in [0.1, 0.15) is 13.2 Å². The number of benzene rings is 2. The van der Waals surface area contributed by atoms with E-state index in [0.717, 1.165) is 36.8 Å². The summed E-state index contributed by atoms with van der Waals surface area (Å²) in [7, 11) is 3.08. The van der Waals surface area contributed by atoms with Gasteiger partial charge in [0, 0.05) is 11.5 Å². The summed E-state index contributed by atoms with van der Waals surface area (Å²) in [5.41, 5.74) is 3.09. The fraction of sp³-hybridized carbons (Fsp3) is 0.393. The highest BCUT2D eigenvalue weighted by Gasteiger charge is 2.25. The van der Waals surface area contributed by atoms with E-state index in [1.807, 2.05) is 60.7 Å². The van der Waals surface area contributed by atoms with Gasteiger partial charge in [-0.25, -0.2) is 14.9 Å². The maximum absolute atomic E-state index is 13.1. The first kappa shape index (κ1) is 28.7. The zero-order valence-corrected chi connectivity index (χ0v) is 22.9. The molecule has 0 atom stereocenters. The molecule has 3 rings (SSSR count). The zero-order valence-electron chi connectivity index (χ0n) is 21.3. The molecular formula is C28H34N2O5S2. The van der Waals surface area contributed by atoms with E-state index in [2.05, 4.69) is 19.2 Å². The third-order valence-corrected chi connectivity index (χ3v) is 8.04. The fourth-order valence-corrected chi connectivity index (χ4v) is 5.68. The van der Waals surface area contributed by atoms with Crippen molar-refractivity contribution in [1.29, 1.82) is 0 Å². The number of hydrogen-bond acceptors (Lipinski definition) is 7. The Balaban J connectivity index is 1.39. The van der Waals surface area contributed by atoms with Gasteiger partial charge in [0.05, 0.1) is 17.3 Å². The number of carbonyl (C=O) groups is 3. The average Bonchev–Trinajstić information content (AvgIpc) is 3.07. The minimum absolute atomic E-state index is 0.00480. The Morgan fingerprint density at radius 1 is 0.811 bits per heavy atom. The lowest BCUT2D eigenvalue weighted by Gasteiger charge is -2.24. The van der Waals surface area contributed by atoms with Crippen LogP contribution in [0.3, 0.4) is 0 Å². The monoisotopic (exact) mass is 542 g/mol. The van der Waals surface area contributed by atoms with Crippen molar-refractivity contribution in [3.63, 3.8) is 0 Å². The van der Waals surface area contributed by atoms with E-state index >= 15 is 0 Å². The van der Waals surface area contributed by atoms with Crippen LogP contribution in [0.1, 0.15) is 50.7 Å². The fourth-order valence-electron chi connectivity index (χ4n) is 4.03. The lowest BCUT2D eigenvalue weighted by Crippen LogP contribution is -2.41. The molecule has 1 heterocycles. The van der Waals surface area contributed by atoms with Gasteiger partial charge >= 0.3 is 18.1 Å². The van der Waals surface area contributed by atoms with Crippen LogP contribution in [0, 0.1) is 5.92 Å². The minimum Gasteiger partial charge on any atom is -0.465 e. The number of nitrogens with one attached hydrogen (secondary N) is 1. The number of fused-ring (bicyclic) bond motifs is 2. The van der Waals surface area contributed by atoms with E-state index in [0.29, 0.717) is 29.5 Å². The van der Waals surface area contributed by atoms with Gasteiger partial charge in [-0.1, -0.05) is 96.8 Å². The molecule has 1 aliphatic heterocycles. The highest BCUT2D eigenvalue weighted by atomic mass is 33.1. The van der Waals surface area contributed by atoms with Crippen molar-refractivity contribution >= 4 is 63.2 Å². The molecule has 0 saturated carbocycles. The maximum Gasteiger partial charge on any atom is 0.415 e. The lowest BCUT2D eigenvalue weighted by atomic mass is 9.99. The number of imide groups is 1. The van der Waals surface area contributed by atoms with Crippen LogP contribution in [-0.2, 0) is 14.3 Å². The summed E-state index contributed by atoms with van der Waals surface area (Å²) in [5, 5.41) is 2.34. The van der Waals surface area contributed by atoms with Gasteiger partial charge in [0.2, 0.25) is 0 Å².